The minimum absolute atomic E-state index is 0.230. The van der Waals surface area contributed by atoms with Crippen LogP contribution in [0.3, 0.4) is 0 Å². The number of hydrogen-bond donors (Lipinski definition) is 3. The van der Waals surface area contributed by atoms with E-state index in [0.29, 0.717) is 6.42 Å². The summed E-state index contributed by atoms with van der Waals surface area (Å²) in [6.45, 7) is 0. The van der Waals surface area contributed by atoms with Crippen LogP contribution in [0.25, 0.3) is 0 Å². The molecule has 0 radical (unpaired) electrons. The van der Waals surface area contributed by atoms with E-state index in [9.17, 15) is 19.8 Å². The van der Waals surface area contributed by atoms with Crippen LogP contribution >= 0.6 is 0 Å². The Morgan fingerprint density at radius 3 is 1.86 bits per heavy atom. The van der Waals surface area contributed by atoms with Gasteiger partial charge in [-0.25, -0.2) is 0 Å². The quantitative estimate of drug-likeness (QED) is 0.402. The Kier molecular flexibility index (Phi) is 1.41. The summed E-state index contributed by atoms with van der Waals surface area (Å²) in [4.78, 5) is 22.8. The molecular weight excluding hydrogens is 186 g/mol. The molecule has 2 bridgehead atoms. The Balaban J connectivity index is 2.01. The van der Waals surface area contributed by atoms with Crippen LogP contribution in [0.5, 0.6) is 0 Å². The molecule has 1 saturated heterocycles. The summed E-state index contributed by atoms with van der Waals surface area (Å²) in [5.41, 5.74) is 0. The van der Waals surface area contributed by atoms with Gasteiger partial charge in [-0.2, -0.15) is 0 Å². The molecule has 14 heavy (non-hydrogen) atoms. The number of carbonyl (C=O) groups is 2. The summed E-state index contributed by atoms with van der Waals surface area (Å²) in [6.07, 6.45) is -1.08. The Morgan fingerprint density at radius 2 is 1.43 bits per heavy atom. The van der Waals surface area contributed by atoms with Crippen molar-refractivity contribution in [2.75, 3.05) is 0 Å². The molecule has 3 fully saturated rings. The zero-order valence-electron chi connectivity index (χ0n) is 7.38. The van der Waals surface area contributed by atoms with Crippen LogP contribution in [0.4, 0.5) is 0 Å². The van der Waals surface area contributed by atoms with Gasteiger partial charge < -0.3 is 10.2 Å². The molecule has 3 N–H and O–H groups in total. The van der Waals surface area contributed by atoms with E-state index in [2.05, 4.69) is 5.32 Å². The van der Waals surface area contributed by atoms with Gasteiger partial charge >= 0.3 is 0 Å². The highest BCUT2D eigenvalue weighted by molar-refractivity contribution is 6.06. The fourth-order valence-corrected chi connectivity index (χ4v) is 3.35. The Hall–Kier alpha value is -0.940. The topological polar surface area (TPSA) is 86.6 Å². The Labute approximate surface area is 80.1 Å². The highest BCUT2D eigenvalue weighted by Crippen LogP contribution is 2.54. The lowest BCUT2D eigenvalue weighted by atomic mass is 9.78. The molecule has 2 saturated carbocycles. The minimum Gasteiger partial charge on any atom is -0.390 e. The molecule has 0 aromatic heterocycles. The van der Waals surface area contributed by atoms with Crippen molar-refractivity contribution < 1.29 is 19.8 Å². The second kappa shape index (κ2) is 2.35. The fraction of sp³-hybridized carbons (Fsp3) is 0.778. The van der Waals surface area contributed by atoms with E-state index in [1.54, 1.807) is 0 Å². The van der Waals surface area contributed by atoms with E-state index in [0.717, 1.165) is 0 Å². The SMILES string of the molecule is O=C1NC(=O)[C@H]2[C@H]3C[C@H]([C@H](O)[C@H]3O)[C@@H]12. The first-order valence-electron chi connectivity index (χ1n) is 4.82. The van der Waals surface area contributed by atoms with Crippen LogP contribution in [0, 0.1) is 23.7 Å². The van der Waals surface area contributed by atoms with Gasteiger partial charge in [-0.05, 0) is 6.42 Å². The van der Waals surface area contributed by atoms with E-state index in [1.165, 1.54) is 0 Å². The fourth-order valence-electron chi connectivity index (χ4n) is 3.35. The van der Waals surface area contributed by atoms with Crippen molar-refractivity contribution in [3.05, 3.63) is 0 Å². The molecule has 0 aromatic carbocycles. The van der Waals surface area contributed by atoms with Gasteiger partial charge in [-0.3, -0.25) is 14.9 Å². The van der Waals surface area contributed by atoms with Gasteiger partial charge in [0.25, 0.3) is 0 Å². The number of nitrogens with one attached hydrogen (secondary N) is 1. The third kappa shape index (κ3) is 0.734. The number of aliphatic hydroxyl groups is 2. The number of rotatable bonds is 0. The van der Waals surface area contributed by atoms with Gasteiger partial charge in [-0.15, -0.1) is 0 Å². The third-order valence-electron chi connectivity index (χ3n) is 3.93. The summed E-state index contributed by atoms with van der Waals surface area (Å²) < 4.78 is 0. The maximum Gasteiger partial charge on any atom is 0.230 e. The van der Waals surface area contributed by atoms with Gasteiger partial charge in [0, 0.05) is 11.8 Å². The first-order valence-corrected chi connectivity index (χ1v) is 4.82. The van der Waals surface area contributed by atoms with E-state index in [-0.39, 0.29) is 23.7 Å². The first-order chi connectivity index (χ1) is 6.61. The summed E-state index contributed by atoms with van der Waals surface area (Å²) in [5, 5.41) is 21.5. The van der Waals surface area contributed by atoms with E-state index in [4.69, 9.17) is 0 Å². The largest absolute Gasteiger partial charge is 0.390 e. The van der Waals surface area contributed by atoms with Crippen molar-refractivity contribution in [1.82, 2.24) is 5.32 Å². The molecule has 5 nitrogen and oxygen atoms in total. The Bertz CT molecular complexity index is 299. The van der Waals surface area contributed by atoms with Crippen molar-refractivity contribution in [3.8, 4) is 0 Å². The molecular formula is C9H11NO4. The zero-order valence-corrected chi connectivity index (χ0v) is 7.38. The lowest BCUT2D eigenvalue weighted by Gasteiger charge is -2.29. The number of carbonyl (C=O) groups excluding carboxylic acids is 2. The molecule has 1 heterocycles. The summed E-state index contributed by atoms with van der Waals surface area (Å²) >= 11 is 0. The van der Waals surface area contributed by atoms with Crippen LogP contribution in [0.1, 0.15) is 6.42 Å². The predicted octanol–water partition coefficient (Wildman–Crippen LogP) is -1.75. The van der Waals surface area contributed by atoms with Crippen molar-refractivity contribution in [3.63, 3.8) is 0 Å². The molecule has 0 aromatic rings. The van der Waals surface area contributed by atoms with E-state index >= 15 is 0 Å². The average Bonchev–Trinajstić information content (AvgIpc) is 2.71. The highest BCUT2D eigenvalue weighted by Gasteiger charge is 2.64. The van der Waals surface area contributed by atoms with Crippen LogP contribution < -0.4 is 5.32 Å². The normalized spacial score (nSPS) is 55.0. The van der Waals surface area contributed by atoms with Crippen LogP contribution in [-0.2, 0) is 9.59 Å². The third-order valence-corrected chi connectivity index (χ3v) is 3.93. The molecule has 2 amide bonds. The van der Waals surface area contributed by atoms with Crippen LogP contribution in [-0.4, -0.2) is 34.2 Å². The van der Waals surface area contributed by atoms with Gasteiger partial charge in [0.2, 0.25) is 11.8 Å². The van der Waals surface area contributed by atoms with Crippen molar-refractivity contribution in [2.24, 2.45) is 23.7 Å². The average molecular weight is 197 g/mol. The lowest BCUT2D eigenvalue weighted by molar-refractivity contribution is -0.129. The highest BCUT2D eigenvalue weighted by atomic mass is 16.3. The van der Waals surface area contributed by atoms with Gasteiger partial charge in [0.05, 0.1) is 24.0 Å². The smallest absolute Gasteiger partial charge is 0.230 e. The second-order valence-corrected chi connectivity index (χ2v) is 4.45. The van der Waals surface area contributed by atoms with E-state index in [1.807, 2.05) is 0 Å². The van der Waals surface area contributed by atoms with Crippen molar-refractivity contribution >= 4 is 11.8 Å². The number of hydrogen-bond acceptors (Lipinski definition) is 4. The Morgan fingerprint density at radius 1 is 1.00 bits per heavy atom. The number of amides is 2. The standard InChI is InChI=1S/C9H11NO4/c11-6-2-1-3(7(6)12)5-4(2)8(13)10-9(5)14/h2-7,11-12H,1H2,(H,10,13,14)/t2-,3+,4+,5-,6-,7-/m0/s1. The molecule has 3 rings (SSSR count). The second-order valence-electron chi connectivity index (χ2n) is 4.45. The van der Waals surface area contributed by atoms with E-state index < -0.39 is 24.0 Å². The zero-order chi connectivity index (χ0) is 10.0. The monoisotopic (exact) mass is 197 g/mol. The molecule has 0 unspecified atom stereocenters. The molecule has 0 spiro atoms. The lowest BCUT2D eigenvalue weighted by Crippen LogP contribution is -2.43. The van der Waals surface area contributed by atoms with Crippen LogP contribution in [0.15, 0.2) is 0 Å². The van der Waals surface area contributed by atoms with Gasteiger partial charge in [0.15, 0.2) is 0 Å². The van der Waals surface area contributed by atoms with Gasteiger partial charge in [0.1, 0.15) is 0 Å². The number of fused-ring (bicyclic) bond motifs is 5. The van der Waals surface area contributed by atoms with Crippen molar-refractivity contribution in [1.29, 1.82) is 0 Å². The van der Waals surface area contributed by atoms with Gasteiger partial charge in [-0.1, -0.05) is 0 Å². The van der Waals surface area contributed by atoms with Crippen molar-refractivity contribution in [2.45, 2.75) is 18.6 Å². The molecule has 3 aliphatic rings. The van der Waals surface area contributed by atoms with Crippen LogP contribution in [0.2, 0.25) is 0 Å². The molecule has 5 heteroatoms. The molecule has 1 aliphatic heterocycles. The summed E-state index contributed by atoms with van der Waals surface area (Å²) in [5.74, 6) is -1.81. The first kappa shape index (κ1) is 8.38. The summed E-state index contributed by atoms with van der Waals surface area (Å²) in [6, 6.07) is 0. The maximum absolute atomic E-state index is 11.4. The number of imide groups is 1. The predicted molar refractivity (Wildman–Crippen MR) is 43.7 cm³/mol. The number of aliphatic hydroxyl groups excluding tert-OH is 2. The minimum atomic E-state index is -0.835. The maximum atomic E-state index is 11.4. The molecule has 6 atom stereocenters. The molecule has 2 aliphatic carbocycles. The molecule has 76 valence electrons. The summed E-state index contributed by atoms with van der Waals surface area (Å²) in [7, 11) is 0.